The van der Waals surface area contributed by atoms with E-state index < -0.39 is 0 Å². The Morgan fingerprint density at radius 2 is 1.12 bits per heavy atom. The SMILES string of the molecule is C1COCCO1.[Cu][I]. The van der Waals surface area contributed by atoms with Crippen molar-refractivity contribution in [1.29, 1.82) is 0 Å². The zero-order valence-corrected chi connectivity index (χ0v) is 7.42. The van der Waals surface area contributed by atoms with E-state index in [9.17, 15) is 0 Å². The molecule has 0 saturated carbocycles. The van der Waals surface area contributed by atoms with Crippen molar-refractivity contribution in [3.05, 3.63) is 0 Å². The van der Waals surface area contributed by atoms with Gasteiger partial charge in [0.2, 0.25) is 0 Å². The van der Waals surface area contributed by atoms with E-state index in [-0.39, 0.29) is 0 Å². The molecule has 8 heavy (non-hydrogen) atoms. The molecule has 0 amide bonds. The van der Waals surface area contributed by atoms with Crippen LogP contribution in [0.25, 0.3) is 0 Å². The monoisotopic (exact) mass is 278 g/mol. The van der Waals surface area contributed by atoms with Crippen LogP contribution in [-0.4, -0.2) is 26.4 Å². The van der Waals surface area contributed by atoms with Crippen LogP contribution in [0.2, 0.25) is 0 Å². The van der Waals surface area contributed by atoms with Gasteiger partial charge >= 0.3 is 33.1 Å². The first-order valence-electron chi connectivity index (χ1n) is 2.27. The summed E-state index contributed by atoms with van der Waals surface area (Å²) in [5.74, 6) is 0. The number of rotatable bonds is 0. The first kappa shape index (κ1) is 9.17. The average Bonchev–Trinajstić information content (AvgIpc) is 1.96. The van der Waals surface area contributed by atoms with Gasteiger partial charge < -0.3 is 9.47 Å². The van der Waals surface area contributed by atoms with Crippen LogP contribution in [0, 0.1) is 0 Å². The Bertz CT molecular complexity index is 29.5. The quantitative estimate of drug-likeness (QED) is 0.484. The van der Waals surface area contributed by atoms with Crippen molar-refractivity contribution in [1.82, 2.24) is 0 Å². The fraction of sp³-hybridized carbons (Fsp3) is 1.00. The molecule has 0 aromatic rings. The fourth-order valence-electron chi connectivity index (χ4n) is 0.440. The van der Waals surface area contributed by atoms with Crippen LogP contribution in [0.15, 0.2) is 0 Å². The van der Waals surface area contributed by atoms with Crippen LogP contribution in [0.3, 0.4) is 0 Å². The second kappa shape index (κ2) is 8.17. The third kappa shape index (κ3) is 5.31. The van der Waals surface area contributed by atoms with E-state index in [4.69, 9.17) is 9.47 Å². The van der Waals surface area contributed by atoms with Crippen molar-refractivity contribution >= 4 is 20.3 Å². The minimum absolute atomic E-state index is 0.778. The first-order chi connectivity index (χ1) is 4.00. The van der Waals surface area contributed by atoms with Gasteiger partial charge in [0, 0.05) is 0 Å². The molecular weight excluding hydrogens is 270 g/mol. The van der Waals surface area contributed by atoms with Gasteiger partial charge in [-0.05, 0) is 0 Å². The molecule has 2 nitrogen and oxygen atoms in total. The van der Waals surface area contributed by atoms with E-state index in [1.54, 1.807) is 20.3 Å². The number of ether oxygens (including phenoxy) is 2. The molecule has 0 aliphatic carbocycles. The summed E-state index contributed by atoms with van der Waals surface area (Å²) >= 11 is 5.87. The maximum absolute atomic E-state index is 4.94. The Kier molecular flexibility index (Phi) is 9.36. The van der Waals surface area contributed by atoms with E-state index in [1.807, 2.05) is 0 Å². The van der Waals surface area contributed by atoms with E-state index >= 15 is 0 Å². The van der Waals surface area contributed by atoms with Gasteiger partial charge in [-0.2, -0.15) is 0 Å². The molecule has 1 rings (SSSR count). The van der Waals surface area contributed by atoms with Gasteiger partial charge in [-0.15, -0.1) is 0 Å². The van der Waals surface area contributed by atoms with Gasteiger partial charge in [-0.25, -0.2) is 0 Å². The summed E-state index contributed by atoms with van der Waals surface area (Å²) in [4.78, 5) is 0. The first-order valence-corrected chi connectivity index (χ1v) is 5.31. The van der Waals surface area contributed by atoms with E-state index in [1.165, 1.54) is 0 Å². The molecule has 1 heterocycles. The molecule has 1 fully saturated rings. The Morgan fingerprint density at radius 3 is 1.25 bits per heavy atom. The predicted octanol–water partition coefficient (Wildman–Crippen LogP) is 0.916. The molecule has 4 heteroatoms. The van der Waals surface area contributed by atoms with Crippen LogP contribution >= 0.6 is 20.3 Å². The van der Waals surface area contributed by atoms with Crippen LogP contribution in [0.4, 0.5) is 0 Å². The molecule has 0 spiro atoms. The number of hydrogen-bond acceptors (Lipinski definition) is 2. The van der Waals surface area contributed by atoms with Gasteiger partial charge in [-0.3, -0.25) is 0 Å². The summed E-state index contributed by atoms with van der Waals surface area (Å²) in [6, 6.07) is 0. The third-order valence-corrected chi connectivity index (χ3v) is 0.744. The summed E-state index contributed by atoms with van der Waals surface area (Å²) in [6.07, 6.45) is 0. The molecule has 0 aromatic heterocycles. The van der Waals surface area contributed by atoms with E-state index in [0.29, 0.717) is 0 Å². The Labute approximate surface area is 68.9 Å². The van der Waals surface area contributed by atoms with Crippen LogP contribution < -0.4 is 0 Å². The fourth-order valence-corrected chi connectivity index (χ4v) is 0.440. The molecule has 54 valence electrons. The predicted molar refractivity (Wildman–Crippen MR) is 35.7 cm³/mol. The molecule has 0 unspecified atom stereocenters. The summed E-state index contributed by atoms with van der Waals surface area (Å²) in [7, 11) is 0. The molecule has 1 saturated heterocycles. The van der Waals surface area contributed by atoms with Crippen molar-refractivity contribution < 1.29 is 22.2 Å². The summed E-state index contributed by atoms with van der Waals surface area (Å²) < 4.78 is 9.89. The van der Waals surface area contributed by atoms with Crippen LogP contribution in [0.5, 0.6) is 0 Å². The number of hydrogen-bond donors (Lipinski definition) is 0. The van der Waals surface area contributed by atoms with Crippen LogP contribution in [0.1, 0.15) is 0 Å². The molecule has 0 aromatic carbocycles. The van der Waals surface area contributed by atoms with Crippen molar-refractivity contribution in [2.75, 3.05) is 26.4 Å². The molecule has 0 radical (unpaired) electrons. The van der Waals surface area contributed by atoms with Crippen LogP contribution in [-0.2, 0) is 22.2 Å². The van der Waals surface area contributed by atoms with Gasteiger partial charge in [0.15, 0.2) is 0 Å². The van der Waals surface area contributed by atoms with Crippen molar-refractivity contribution in [3.8, 4) is 0 Å². The molecule has 1 aliphatic heterocycles. The average molecular weight is 279 g/mol. The molecule has 1 aliphatic rings. The van der Waals surface area contributed by atoms with Gasteiger partial charge in [0.1, 0.15) is 0 Å². The normalized spacial score (nSPS) is 18.9. The zero-order valence-electron chi connectivity index (χ0n) is 4.32. The van der Waals surface area contributed by atoms with Crippen molar-refractivity contribution in [3.63, 3.8) is 0 Å². The Morgan fingerprint density at radius 1 is 0.875 bits per heavy atom. The van der Waals surface area contributed by atoms with E-state index in [0.717, 1.165) is 26.4 Å². The van der Waals surface area contributed by atoms with E-state index in [2.05, 4.69) is 12.8 Å². The van der Waals surface area contributed by atoms with Crippen molar-refractivity contribution in [2.45, 2.75) is 0 Å². The minimum atomic E-state index is 0.778. The summed E-state index contributed by atoms with van der Waals surface area (Å²) in [5, 5.41) is 0. The summed E-state index contributed by atoms with van der Waals surface area (Å²) in [5.41, 5.74) is 0. The molecule has 0 bridgehead atoms. The zero-order chi connectivity index (χ0) is 6.24. The van der Waals surface area contributed by atoms with Crippen molar-refractivity contribution in [2.24, 2.45) is 0 Å². The molecule has 0 atom stereocenters. The number of halogens is 1. The third-order valence-electron chi connectivity index (χ3n) is 0.744. The van der Waals surface area contributed by atoms with Gasteiger partial charge in [-0.1, -0.05) is 0 Å². The standard InChI is InChI=1S/C4H8O2.Cu.HI/c1-2-6-4-3-5-1;;/h1-4H2;;1H/q;+1;/p-1. The second-order valence-corrected chi connectivity index (χ2v) is 1.22. The van der Waals surface area contributed by atoms with Gasteiger partial charge in [0.25, 0.3) is 0 Å². The Hall–Kier alpha value is 1.17. The second-order valence-electron chi connectivity index (χ2n) is 1.22. The molecular formula is C4H8CuIO2. The molecule has 0 N–H and O–H groups in total. The maximum atomic E-state index is 4.94. The summed E-state index contributed by atoms with van der Waals surface area (Å²) in [6.45, 7) is 3.11. The topological polar surface area (TPSA) is 18.5 Å². The Balaban J connectivity index is 0.000000222. The van der Waals surface area contributed by atoms with Gasteiger partial charge in [0.05, 0.1) is 26.4 Å².